The summed E-state index contributed by atoms with van der Waals surface area (Å²) >= 11 is 0. The van der Waals surface area contributed by atoms with Crippen molar-refractivity contribution < 1.29 is 28.7 Å². The molecule has 0 unspecified atom stereocenters. The van der Waals surface area contributed by atoms with Crippen LogP contribution in [0.5, 0.6) is 11.5 Å². The normalized spacial score (nSPS) is 13.9. The number of carbonyl (C=O) groups is 2. The van der Waals surface area contributed by atoms with Gasteiger partial charge in [-0.05, 0) is 12.8 Å². The smallest absolute Gasteiger partial charge is 0.345 e. The van der Waals surface area contributed by atoms with Gasteiger partial charge in [-0.3, -0.25) is 14.9 Å². The Morgan fingerprint density at radius 3 is 2.40 bits per heavy atom. The molecular formula is C16H20N2O7. The van der Waals surface area contributed by atoms with E-state index in [1.165, 1.54) is 6.07 Å². The SMILES string of the molecule is CC(C)[C@H](C)NC(=O)COC(=O)c1cc2c(cc1[N+](=O)[O-])OCCO2. The van der Waals surface area contributed by atoms with Crippen molar-refractivity contribution in [2.75, 3.05) is 19.8 Å². The van der Waals surface area contributed by atoms with Gasteiger partial charge >= 0.3 is 5.97 Å². The summed E-state index contributed by atoms with van der Waals surface area (Å²) in [4.78, 5) is 34.4. The average molecular weight is 352 g/mol. The van der Waals surface area contributed by atoms with E-state index in [1.54, 1.807) is 0 Å². The van der Waals surface area contributed by atoms with Gasteiger partial charge in [-0.15, -0.1) is 0 Å². The number of carbonyl (C=O) groups excluding carboxylic acids is 2. The van der Waals surface area contributed by atoms with Gasteiger partial charge in [0.25, 0.3) is 11.6 Å². The van der Waals surface area contributed by atoms with Gasteiger partial charge in [-0.1, -0.05) is 13.8 Å². The molecule has 0 saturated carbocycles. The Bertz CT molecular complexity index is 687. The molecule has 1 N–H and O–H groups in total. The number of nitro benzene ring substituents is 1. The number of hydrogen-bond donors (Lipinski definition) is 1. The zero-order valence-corrected chi connectivity index (χ0v) is 14.2. The van der Waals surface area contributed by atoms with E-state index in [0.717, 1.165) is 6.07 Å². The van der Waals surface area contributed by atoms with Crippen molar-refractivity contribution in [2.24, 2.45) is 5.92 Å². The van der Waals surface area contributed by atoms with Gasteiger partial charge in [0, 0.05) is 12.1 Å². The first-order valence-electron chi connectivity index (χ1n) is 7.84. The minimum atomic E-state index is -0.976. The minimum Gasteiger partial charge on any atom is -0.486 e. The van der Waals surface area contributed by atoms with Crippen LogP contribution in [0.2, 0.25) is 0 Å². The maximum atomic E-state index is 12.2. The van der Waals surface area contributed by atoms with Crippen molar-refractivity contribution in [2.45, 2.75) is 26.8 Å². The maximum absolute atomic E-state index is 12.2. The van der Waals surface area contributed by atoms with E-state index in [-0.39, 0.29) is 42.2 Å². The molecule has 1 amide bonds. The number of benzene rings is 1. The Hall–Kier alpha value is -2.84. The zero-order chi connectivity index (χ0) is 18.6. The van der Waals surface area contributed by atoms with E-state index in [9.17, 15) is 19.7 Å². The van der Waals surface area contributed by atoms with E-state index in [2.05, 4.69) is 5.32 Å². The molecule has 1 aromatic rings. The van der Waals surface area contributed by atoms with Crippen LogP contribution in [0.4, 0.5) is 5.69 Å². The average Bonchev–Trinajstić information content (AvgIpc) is 2.58. The molecule has 0 radical (unpaired) electrons. The number of fused-ring (bicyclic) bond motifs is 1. The number of ether oxygens (including phenoxy) is 3. The third-order valence-corrected chi connectivity index (χ3v) is 3.80. The number of nitrogens with one attached hydrogen (secondary N) is 1. The quantitative estimate of drug-likeness (QED) is 0.470. The number of nitrogens with zero attached hydrogens (tertiary/aromatic N) is 1. The van der Waals surface area contributed by atoms with Crippen LogP contribution in [-0.4, -0.2) is 42.7 Å². The summed E-state index contributed by atoms with van der Waals surface area (Å²) in [6, 6.07) is 2.23. The summed E-state index contributed by atoms with van der Waals surface area (Å²) in [5.74, 6) is -0.816. The van der Waals surface area contributed by atoms with Gasteiger partial charge in [0.15, 0.2) is 18.1 Å². The van der Waals surface area contributed by atoms with Crippen LogP contribution in [0.15, 0.2) is 12.1 Å². The van der Waals surface area contributed by atoms with Gasteiger partial charge < -0.3 is 19.5 Å². The molecule has 2 rings (SSSR count). The molecule has 1 aromatic carbocycles. The Kier molecular flexibility index (Phi) is 5.79. The highest BCUT2D eigenvalue weighted by Gasteiger charge is 2.27. The van der Waals surface area contributed by atoms with E-state index in [0.29, 0.717) is 0 Å². The Labute approximate surface area is 144 Å². The molecule has 0 bridgehead atoms. The number of esters is 1. The highest BCUT2D eigenvalue weighted by molar-refractivity contribution is 5.96. The van der Waals surface area contributed by atoms with Crippen LogP contribution in [0.3, 0.4) is 0 Å². The van der Waals surface area contributed by atoms with Crippen molar-refractivity contribution in [3.8, 4) is 11.5 Å². The number of rotatable bonds is 6. The highest BCUT2D eigenvalue weighted by atomic mass is 16.6. The molecule has 9 heteroatoms. The summed E-state index contributed by atoms with van der Waals surface area (Å²) in [6.07, 6.45) is 0. The minimum absolute atomic E-state index is 0.0881. The molecule has 1 aliphatic heterocycles. The van der Waals surface area contributed by atoms with E-state index in [4.69, 9.17) is 14.2 Å². The van der Waals surface area contributed by atoms with E-state index >= 15 is 0 Å². The number of amides is 1. The van der Waals surface area contributed by atoms with Crippen LogP contribution in [0, 0.1) is 16.0 Å². The van der Waals surface area contributed by atoms with Crippen molar-refractivity contribution >= 4 is 17.6 Å². The second-order valence-electron chi connectivity index (χ2n) is 5.95. The molecule has 0 spiro atoms. The molecule has 1 atom stereocenters. The molecule has 9 nitrogen and oxygen atoms in total. The highest BCUT2D eigenvalue weighted by Crippen LogP contribution is 2.36. The van der Waals surface area contributed by atoms with E-state index < -0.39 is 29.1 Å². The van der Waals surface area contributed by atoms with Crippen LogP contribution in [0.1, 0.15) is 31.1 Å². The summed E-state index contributed by atoms with van der Waals surface area (Å²) in [5, 5.41) is 13.9. The second kappa shape index (κ2) is 7.82. The Balaban J connectivity index is 2.10. The fourth-order valence-electron chi connectivity index (χ4n) is 2.06. The Morgan fingerprint density at radius 1 is 1.24 bits per heavy atom. The van der Waals surface area contributed by atoms with Crippen LogP contribution < -0.4 is 14.8 Å². The monoisotopic (exact) mass is 352 g/mol. The lowest BCUT2D eigenvalue weighted by molar-refractivity contribution is -0.385. The molecule has 0 fully saturated rings. The van der Waals surface area contributed by atoms with Gasteiger partial charge in [0.05, 0.1) is 11.0 Å². The molecule has 136 valence electrons. The fraction of sp³-hybridized carbons (Fsp3) is 0.500. The number of hydrogen-bond acceptors (Lipinski definition) is 7. The largest absolute Gasteiger partial charge is 0.486 e. The van der Waals surface area contributed by atoms with Crippen molar-refractivity contribution in [1.82, 2.24) is 5.32 Å². The fourth-order valence-corrected chi connectivity index (χ4v) is 2.06. The first kappa shape index (κ1) is 18.5. The van der Waals surface area contributed by atoms with Gasteiger partial charge in [-0.25, -0.2) is 4.79 Å². The third kappa shape index (κ3) is 4.59. The van der Waals surface area contributed by atoms with Gasteiger partial charge in [0.1, 0.15) is 18.8 Å². The maximum Gasteiger partial charge on any atom is 0.345 e. The molecule has 0 aromatic heterocycles. The van der Waals surface area contributed by atoms with Crippen molar-refractivity contribution in [3.05, 3.63) is 27.8 Å². The van der Waals surface area contributed by atoms with Crippen LogP contribution in [-0.2, 0) is 9.53 Å². The molecule has 25 heavy (non-hydrogen) atoms. The van der Waals surface area contributed by atoms with Crippen molar-refractivity contribution in [1.29, 1.82) is 0 Å². The van der Waals surface area contributed by atoms with Crippen molar-refractivity contribution in [3.63, 3.8) is 0 Å². The Morgan fingerprint density at radius 2 is 1.84 bits per heavy atom. The summed E-state index contributed by atoms with van der Waals surface area (Å²) in [5.41, 5.74) is -0.760. The molecule has 1 aliphatic rings. The van der Waals surface area contributed by atoms with Gasteiger partial charge in [0.2, 0.25) is 0 Å². The lowest BCUT2D eigenvalue weighted by Crippen LogP contribution is -2.38. The van der Waals surface area contributed by atoms with Crippen LogP contribution >= 0.6 is 0 Å². The summed E-state index contributed by atoms with van der Waals surface area (Å²) < 4.78 is 15.5. The summed E-state index contributed by atoms with van der Waals surface area (Å²) in [6.45, 7) is 5.72. The lowest BCUT2D eigenvalue weighted by Gasteiger charge is -2.19. The third-order valence-electron chi connectivity index (χ3n) is 3.80. The predicted octanol–water partition coefficient (Wildman–Crippen LogP) is 1.68. The lowest BCUT2D eigenvalue weighted by atomic mass is 10.1. The van der Waals surface area contributed by atoms with Gasteiger partial charge in [-0.2, -0.15) is 0 Å². The number of nitro groups is 1. The standard InChI is InChI=1S/C16H20N2O7/c1-9(2)10(3)17-15(19)8-25-16(20)11-6-13-14(24-5-4-23-13)7-12(11)18(21)22/h6-7,9-10H,4-5,8H2,1-3H3,(H,17,19)/t10-/m0/s1. The molecule has 0 saturated heterocycles. The second-order valence-corrected chi connectivity index (χ2v) is 5.95. The van der Waals surface area contributed by atoms with Crippen LogP contribution in [0.25, 0.3) is 0 Å². The topological polar surface area (TPSA) is 117 Å². The first-order valence-corrected chi connectivity index (χ1v) is 7.84. The first-order chi connectivity index (χ1) is 11.8. The summed E-state index contributed by atoms with van der Waals surface area (Å²) in [7, 11) is 0. The molecular weight excluding hydrogens is 332 g/mol. The zero-order valence-electron chi connectivity index (χ0n) is 14.2. The van der Waals surface area contributed by atoms with E-state index in [1.807, 2.05) is 20.8 Å². The molecule has 0 aliphatic carbocycles. The molecule has 1 heterocycles. The predicted molar refractivity (Wildman–Crippen MR) is 86.8 cm³/mol.